The maximum absolute atomic E-state index is 4.48. The summed E-state index contributed by atoms with van der Waals surface area (Å²) in [5, 5.41) is 0. The van der Waals surface area contributed by atoms with Gasteiger partial charge in [-0.15, -0.1) is 0 Å². The van der Waals surface area contributed by atoms with E-state index in [1.54, 1.807) is 0 Å². The van der Waals surface area contributed by atoms with E-state index in [4.69, 9.17) is 0 Å². The Balaban J connectivity index is 2.34. The number of rotatable bonds is 8. The highest BCUT2D eigenvalue weighted by Crippen LogP contribution is 2.29. The Morgan fingerprint density at radius 3 is 2.33 bits per heavy atom. The first-order valence-electron chi connectivity index (χ1n) is 6.52. The van der Waals surface area contributed by atoms with Gasteiger partial charge in [-0.25, -0.2) is 0 Å². The Bertz CT molecular complexity index is 166. The summed E-state index contributed by atoms with van der Waals surface area (Å²) in [6.45, 7) is 9.48. The fraction of sp³-hybridized carbons (Fsp3) is 1.00. The van der Waals surface area contributed by atoms with Crippen LogP contribution in [0, 0.1) is 11.8 Å². The van der Waals surface area contributed by atoms with Gasteiger partial charge in [0.1, 0.15) is 0 Å². The quantitative estimate of drug-likeness (QED) is 0.624. The average Bonchev–Trinajstić information content (AvgIpc) is 2.98. The molecule has 2 heteroatoms. The lowest BCUT2D eigenvalue weighted by atomic mass is 10.0. The largest absolute Gasteiger partial charge is 0.300 e. The number of thiol groups is 1. The van der Waals surface area contributed by atoms with Crippen LogP contribution in [0.1, 0.15) is 46.5 Å². The van der Waals surface area contributed by atoms with E-state index in [2.05, 4.69) is 38.3 Å². The van der Waals surface area contributed by atoms with E-state index in [9.17, 15) is 0 Å². The molecule has 1 aliphatic carbocycles. The Hall–Kier alpha value is 0.310. The first kappa shape index (κ1) is 13.4. The van der Waals surface area contributed by atoms with Crippen LogP contribution in [0.15, 0.2) is 0 Å². The summed E-state index contributed by atoms with van der Waals surface area (Å²) in [5.74, 6) is 2.65. The van der Waals surface area contributed by atoms with Crippen LogP contribution in [0.4, 0.5) is 0 Å². The van der Waals surface area contributed by atoms with Gasteiger partial charge in [0, 0.05) is 19.1 Å². The van der Waals surface area contributed by atoms with Crippen molar-refractivity contribution in [1.29, 1.82) is 0 Å². The molecule has 1 saturated carbocycles. The summed E-state index contributed by atoms with van der Waals surface area (Å²) in [6, 6.07) is 0.909. The molecule has 1 aliphatic rings. The molecule has 1 nitrogen and oxygen atoms in total. The Kier molecular flexibility index (Phi) is 6.06. The molecular formula is C13H27NS. The van der Waals surface area contributed by atoms with Crippen LogP contribution in [0.5, 0.6) is 0 Å². The third-order valence-electron chi connectivity index (χ3n) is 3.11. The van der Waals surface area contributed by atoms with Gasteiger partial charge in [0.2, 0.25) is 0 Å². The van der Waals surface area contributed by atoms with Gasteiger partial charge in [0.15, 0.2) is 0 Å². The van der Waals surface area contributed by atoms with Gasteiger partial charge < -0.3 is 0 Å². The standard InChI is InChI=1S/C13H27NS/c1-4-5-12(10-15)9-14(8-11(2)3)13-6-7-13/h11-13,15H,4-10H2,1-3H3. The fourth-order valence-corrected chi connectivity index (χ4v) is 2.56. The normalized spacial score (nSPS) is 18.8. The predicted molar refractivity (Wildman–Crippen MR) is 71.7 cm³/mol. The topological polar surface area (TPSA) is 3.24 Å². The molecule has 15 heavy (non-hydrogen) atoms. The molecule has 0 spiro atoms. The predicted octanol–water partition coefficient (Wildman–Crippen LogP) is 3.45. The third kappa shape index (κ3) is 5.26. The zero-order valence-electron chi connectivity index (χ0n) is 10.6. The third-order valence-corrected chi connectivity index (χ3v) is 3.63. The van der Waals surface area contributed by atoms with E-state index in [1.807, 2.05) is 0 Å². The van der Waals surface area contributed by atoms with Crippen LogP contribution in [0.2, 0.25) is 0 Å². The van der Waals surface area contributed by atoms with Gasteiger partial charge in [0.25, 0.3) is 0 Å². The minimum Gasteiger partial charge on any atom is -0.300 e. The first-order chi connectivity index (χ1) is 7.17. The summed E-state index contributed by atoms with van der Waals surface area (Å²) >= 11 is 4.48. The highest BCUT2D eigenvalue weighted by molar-refractivity contribution is 7.80. The van der Waals surface area contributed by atoms with Crippen LogP contribution in [0.25, 0.3) is 0 Å². The second kappa shape index (κ2) is 6.80. The molecule has 0 aromatic rings. The lowest BCUT2D eigenvalue weighted by Gasteiger charge is -2.28. The van der Waals surface area contributed by atoms with Gasteiger partial charge in [-0.3, -0.25) is 4.90 Å². The van der Waals surface area contributed by atoms with Crippen molar-refractivity contribution in [2.24, 2.45) is 11.8 Å². The highest BCUT2D eigenvalue weighted by Gasteiger charge is 2.30. The van der Waals surface area contributed by atoms with E-state index in [0.717, 1.165) is 23.6 Å². The molecule has 0 radical (unpaired) electrons. The molecule has 0 amide bonds. The van der Waals surface area contributed by atoms with Crippen molar-refractivity contribution in [2.45, 2.75) is 52.5 Å². The van der Waals surface area contributed by atoms with Crippen molar-refractivity contribution >= 4 is 12.6 Å². The molecule has 1 rings (SSSR count). The lowest BCUT2D eigenvalue weighted by molar-refractivity contribution is 0.201. The molecule has 1 unspecified atom stereocenters. The van der Waals surface area contributed by atoms with Crippen molar-refractivity contribution in [3.8, 4) is 0 Å². The second-order valence-corrected chi connectivity index (χ2v) is 5.78. The Morgan fingerprint density at radius 1 is 1.27 bits per heavy atom. The first-order valence-corrected chi connectivity index (χ1v) is 7.15. The maximum Gasteiger partial charge on any atom is 0.00966 e. The van der Waals surface area contributed by atoms with Crippen LogP contribution >= 0.6 is 12.6 Å². The molecule has 0 bridgehead atoms. The number of hydrogen-bond donors (Lipinski definition) is 1. The van der Waals surface area contributed by atoms with Gasteiger partial charge in [-0.2, -0.15) is 12.6 Å². The van der Waals surface area contributed by atoms with Gasteiger partial charge in [0.05, 0.1) is 0 Å². The van der Waals surface area contributed by atoms with E-state index in [-0.39, 0.29) is 0 Å². The molecule has 90 valence electrons. The molecule has 0 aromatic carbocycles. The Labute approximate surface area is 101 Å². The smallest absolute Gasteiger partial charge is 0.00966 e. The van der Waals surface area contributed by atoms with Crippen molar-refractivity contribution in [3.63, 3.8) is 0 Å². The summed E-state index contributed by atoms with van der Waals surface area (Å²) < 4.78 is 0. The monoisotopic (exact) mass is 229 g/mol. The molecule has 0 N–H and O–H groups in total. The molecule has 1 fully saturated rings. The Morgan fingerprint density at radius 2 is 1.93 bits per heavy atom. The van der Waals surface area contributed by atoms with Gasteiger partial charge in [-0.1, -0.05) is 27.2 Å². The average molecular weight is 229 g/mol. The van der Waals surface area contributed by atoms with E-state index in [1.165, 1.54) is 38.8 Å². The molecule has 0 aromatic heterocycles. The molecule has 1 atom stereocenters. The SMILES string of the molecule is CCCC(CS)CN(CC(C)C)C1CC1. The lowest BCUT2D eigenvalue weighted by Crippen LogP contribution is -2.35. The zero-order chi connectivity index (χ0) is 11.3. The van der Waals surface area contributed by atoms with Crippen molar-refractivity contribution < 1.29 is 0 Å². The van der Waals surface area contributed by atoms with Crippen LogP contribution in [-0.2, 0) is 0 Å². The maximum atomic E-state index is 4.48. The number of hydrogen-bond acceptors (Lipinski definition) is 2. The summed E-state index contributed by atoms with van der Waals surface area (Å²) in [5.41, 5.74) is 0. The second-order valence-electron chi connectivity index (χ2n) is 5.42. The minimum atomic E-state index is 0.799. The fourth-order valence-electron chi connectivity index (χ4n) is 2.26. The molecule has 0 aliphatic heterocycles. The highest BCUT2D eigenvalue weighted by atomic mass is 32.1. The van der Waals surface area contributed by atoms with Crippen LogP contribution in [0.3, 0.4) is 0 Å². The van der Waals surface area contributed by atoms with Crippen molar-refractivity contribution in [2.75, 3.05) is 18.8 Å². The number of nitrogens with zero attached hydrogens (tertiary/aromatic N) is 1. The van der Waals surface area contributed by atoms with Crippen LogP contribution < -0.4 is 0 Å². The van der Waals surface area contributed by atoms with E-state index < -0.39 is 0 Å². The van der Waals surface area contributed by atoms with Gasteiger partial charge >= 0.3 is 0 Å². The molecular weight excluding hydrogens is 202 g/mol. The summed E-state index contributed by atoms with van der Waals surface area (Å²) in [4.78, 5) is 2.71. The summed E-state index contributed by atoms with van der Waals surface area (Å²) in [6.07, 6.45) is 5.49. The van der Waals surface area contributed by atoms with E-state index >= 15 is 0 Å². The van der Waals surface area contributed by atoms with Gasteiger partial charge in [-0.05, 0) is 36.9 Å². The zero-order valence-corrected chi connectivity index (χ0v) is 11.5. The van der Waals surface area contributed by atoms with Crippen molar-refractivity contribution in [1.82, 2.24) is 4.90 Å². The van der Waals surface area contributed by atoms with Crippen LogP contribution in [-0.4, -0.2) is 29.8 Å². The summed E-state index contributed by atoms with van der Waals surface area (Å²) in [7, 11) is 0. The minimum absolute atomic E-state index is 0.799. The van der Waals surface area contributed by atoms with E-state index in [0.29, 0.717) is 0 Å². The molecule has 0 saturated heterocycles. The van der Waals surface area contributed by atoms with Crippen molar-refractivity contribution in [3.05, 3.63) is 0 Å². The molecule has 0 heterocycles.